The molecule has 0 aromatic heterocycles. The predicted molar refractivity (Wildman–Crippen MR) is 134 cm³/mol. The highest BCUT2D eigenvalue weighted by molar-refractivity contribution is 8.32. The summed E-state index contributed by atoms with van der Waals surface area (Å²) >= 11 is 0. The van der Waals surface area contributed by atoms with Crippen LogP contribution in [0.4, 0.5) is 5.69 Å². The van der Waals surface area contributed by atoms with Crippen molar-refractivity contribution in [3.05, 3.63) is 54.1 Å². The Morgan fingerprint density at radius 1 is 1.03 bits per heavy atom. The predicted octanol–water partition coefficient (Wildman–Crippen LogP) is 3.24. The average molecular weight is 471 g/mol. The summed E-state index contributed by atoms with van der Waals surface area (Å²) in [4.78, 5) is 27.9. The van der Waals surface area contributed by atoms with Crippen molar-refractivity contribution in [2.75, 3.05) is 44.3 Å². The lowest BCUT2D eigenvalue weighted by Gasteiger charge is -2.43. The van der Waals surface area contributed by atoms with Gasteiger partial charge in [-0.25, -0.2) is 20.0 Å². The molecule has 3 atom stereocenters. The van der Waals surface area contributed by atoms with Crippen LogP contribution in [0.25, 0.3) is 0 Å². The molecule has 4 rings (SSSR count). The number of nitrogens with one attached hydrogen (secondary N) is 2. The van der Waals surface area contributed by atoms with E-state index < -0.39 is 21.6 Å². The highest BCUT2D eigenvalue weighted by atomic mass is 32.3. The zero-order valence-electron chi connectivity index (χ0n) is 20.2. The van der Waals surface area contributed by atoms with Crippen molar-refractivity contribution < 1.29 is 14.3 Å². The second-order valence-corrected chi connectivity index (χ2v) is 14.1. The lowest BCUT2D eigenvalue weighted by molar-refractivity contribution is -0.150. The maximum Gasteiger partial charge on any atom is 0.251 e. The number of methoxy groups -OCH3 is 1. The van der Waals surface area contributed by atoms with Gasteiger partial charge in [0.15, 0.2) is 0 Å². The van der Waals surface area contributed by atoms with Crippen LogP contribution in [0.5, 0.6) is 5.75 Å². The van der Waals surface area contributed by atoms with Crippen LogP contribution in [0.1, 0.15) is 25.5 Å². The fraction of sp³-hybridized carbons (Fsp3) is 0.440. The summed E-state index contributed by atoms with van der Waals surface area (Å²) in [7, 11) is 0.754. The second-order valence-electron chi connectivity index (χ2n) is 9.95. The van der Waals surface area contributed by atoms with E-state index in [0.717, 1.165) is 13.1 Å². The van der Waals surface area contributed by atoms with E-state index in [1.165, 1.54) is 4.90 Å². The van der Waals surface area contributed by atoms with E-state index in [9.17, 15) is 9.59 Å². The van der Waals surface area contributed by atoms with Gasteiger partial charge < -0.3 is 15.4 Å². The minimum atomic E-state index is -0.843. The number of fused-ring (bicyclic) bond motifs is 1. The largest absolute Gasteiger partial charge is 0.497 e. The SMILES string of the molecule is COc1ccc(C(NC(=O)C(C)(C)N2CC3CN32)C(=O)Nc2ccc(S(C)(C)C)cc2)cc1. The van der Waals surface area contributed by atoms with Crippen molar-refractivity contribution >= 4 is 27.5 Å². The number of hydrogen-bond donors (Lipinski definition) is 2. The van der Waals surface area contributed by atoms with E-state index in [2.05, 4.69) is 51.6 Å². The van der Waals surface area contributed by atoms with Crippen LogP contribution in [0.15, 0.2) is 53.4 Å². The first-order chi connectivity index (χ1) is 15.5. The van der Waals surface area contributed by atoms with Crippen molar-refractivity contribution in [1.29, 1.82) is 0 Å². The Kier molecular flexibility index (Phi) is 6.20. The molecule has 2 aliphatic rings. The van der Waals surface area contributed by atoms with E-state index >= 15 is 0 Å². The van der Waals surface area contributed by atoms with Crippen LogP contribution < -0.4 is 15.4 Å². The topological polar surface area (TPSA) is 73.7 Å². The van der Waals surface area contributed by atoms with Gasteiger partial charge in [-0.2, -0.15) is 0 Å². The van der Waals surface area contributed by atoms with Crippen molar-refractivity contribution in [1.82, 2.24) is 15.3 Å². The van der Waals surface area contributed by atoms with Gasteiger partial charge in [-0.1, -0.05) is 12.1 Å². The van der Waals surface area contributed by atoms with E-state index in [1.807, 2.05) is 38.1 Å². The number of anilines is 1. The molecule has 0 spiro atoms. The number of rotatable bonds is 8. The maximum atomic E-state index is 13.4. The number of carbonyl (C=O) groups is 2. The minimum absolute atomic E-state index is 0.185. The standard InChI is InChI=1S/C25H34N4O3S/c1-25(2,29-16-19-15-28(19)29)24(31)27-22(17-7-11-20(32-3)12-8-17)23(30)26-18-9-13-21(14-10-18)33(4,5)6/h7-14,19,22H,15-16H2,1-6H3,(H,26,30)(H,27,31). The molecule has 2 aromatic carbocycles. The summed E-state index contributed by atoms with van der Waals surface area (Å²) in [6.45, 7) is 5.67. The van der Waals surface area contributed by atoms with Crippen molar-refractivity contribution in [2.45, 2.75) is 36.4 Å². The summed E-state index contributed by atoms with van der Waals surface area (Å²) in [6.07, 6.45) is 6.70. The number of hydrazine groups is 1. The van der Waals surface area contributed by atoms with Gasteiger partial charge in [0, 0.05) is 18.8 Å². The molecule has 2 amide bonds. The second kappa shape index (κ2) is 8.66. The van der Waals surface area contributed by atoms with Crippen LogP contribution in [0.2, 0.25) is 0 Å². The Bertz CT molecular complexity index is 1030. The molecule has 2 N–H and O–H groups in total. The average Bonchev–Trinajstić information content (AvgIpc) is 3.39. The zero-order chi connectivity index (χ0) is 24.0. The number of ether oxygens (including phenoxy) is 1. The number of carbonyl (C=O) groups excluding carboxylic acids is 2. The molecule has 0 saturated carbocycles. The number of benzene rings is 2. The molecule has 33 heavy (non-hydrogen) atoms. The third-order valence-electron chi connectivity index (χ3n) is 6.40. The Morgan fingerprint density at radius 3 is 2.15 bits per heavy atom. The smallest absolute Gasteiger partial charge is 0.251 e. The first kappa shape index (κ1) is 23.6. The van der Waals surface area contributed by atoms with E-state index in [-0.39, 0.29) is 11.8 Å². The van der Waals surface area contributed by atoms with E-state index in [4.69, 9.17) is 4.74 Å². The zero-order valence-corrected chi connectivity index (χ0v) is 21.0. The Hall–Kier alpha value is -2.55. The quantitative estimate of drug-likeness (QED) is 0.580. The van der Waals surface area contributed by atoms with Gasteiger partial charge in [0.1, 0.15) is 17.3 Å². The molecule has 178 valence electrons. The van der Waals surface area contributed by atoms with Crippen molar-refractivity contribution in [2.24, 2.45) is 0 Å². The van der Waals surface area contributed by atoms with Crippen molar-refractivity contribution in [3.63, 3.8) is 0 Å². The molecule has 2 fully saturated rings. The summed E-state index contributed by atoms with van der Waals surface area (Å²) in [5, 5.41) is 10.2. The Morgan fingerprint density at radius 2 is 1.67 bits per heavy atom. The third-order valence-corrected chi connectivity index (χ3v) is 8.08. The lowest BCUT2D eigenvalue weighted by Crippen LogP contribution is -2.63. The Labute approximate surface area is 197 Å². The minimum Gasteiger partial charge on any atom is -0.497 e. The summed E-state index contributed by atoms with van der Waals surface area (Å²) in [5.74, 6) is 0.224. The van der Waals surface area contributed by atoms with Crippen LogP contribution in [0, 0.1) is 0 Å². The fourth-order valence-electron chi connectivity index (χ4n) is 4.06. The molecule has 8 heteroatoms. The highest BCUT2D eigenvalue weighted by Crippen LogP contribution is 2.45. The summed E-state index contributed by atoms with van der Waals surface area (Å²) in [6, 6.07) is 14.9. The summed E-state index contributed by atoms with van der Waals surface area (Å²) < 4.78 is 5.25. The van der Waals surface area contributed by atoms with Gasteiger partial charge >= 0.3 is 0 Å². The first-order valence-electron chi connectivity index (χ1n) is 11.1. The van der Waals surface area contributed by atoms with Crippen molar-refractivity contribution in [3.8, 4) is 5.75 Å². The molecule has 0 radical (unpaired) electrons. The van der Waals surface area contributed by atoms with Gasteiger partial charge in [0.25, 0.3) is 5.91 Å². The number of hydrogen-bond acceptors (Lipinski definition) is 5. The molecular weight excluding hydrogens is 436 g/mol. The van der Waals surface area contributed by atoms with Gasteiger partial charge in [-0.05, 0) is 79.5 Å². The van der Waals surface area contributed by atoms with E-state index in [0.29, 0.717) is 23.0 Å². The molecule has 2 aliphatic heterocycles. The molecule has 2 aromatic rings. The third kappa shape index (κ3) is 4.88. The van der Waals surface area contributed by atoms with Crippen LogP contribution in [-0.4, -0.2) is 72.4 Å². The van der Waals surface area contributed by atoms with Gasteiger partial charge in [0.2, 0.25) is 5.91 Å². The molecular formula is C25H34N4O3S. The molecule has 3 unspecified atom stereocenters. The van der Waals surface area contributed by atoms with Crippen LogP contribution in [0.3, 0.4) is 0 Å². The number of amides is 2. The Balaban J connectivity index is 1.53. The van der Waals surface area contributed by atoms with Gasteiger partial charge in [-0.3, -0.25) is 9.59 Å². The van der Waals surface area contributed by atoms with Gasteiger partial charge in [0.05, 0.1) is 13.2 Å². The highest BCUT2D eigenvalue weighted by Gasteiger charge is 2.57. The molecule has 2 heterocycles. The summed E-state index contributed by atoms with van der Waals surface area (Å²) in [5.41, 5.74) is 0.658. The number of nitrogens with zero attached hydrogens (tertiary/aromatic N) is 2. The monoisotopic (exact) mass is 470 g/mol. The fourth-order valence-corrected chi connectivity index (χ4v) is 5.01. The molecule has 7 nitrogen and oxygen atoms in total. The molecule has 2 saturated heterocycles. The first-order valence-corrected chi connectivity index (χ1v) is 13.9. The molecule has 0 bridgehead atoms. The normalized spacial score (nSPS) is 21.3. The molecule has 0 aliphatic carbocycles. The van der Waals surface area contributed by atoms with Gasteiger partial charge in [-0.15, -0.1) is 0 Å². The maximum absolute atomic E-state index is 13.4. The van der Waals surface area contributed by atoms with E-state index in [1.54, 1.807) is 19.2 Å². The lowest BCUT2D eigenvalue weighted by atomic mass is 9.99. The van der Waals surface area contributed by atoms with Crippen LogP contribution >= 0.6 is 10.0 Å². The van der Waals surface area contributed by atoms with Crippen LogP contribution in [-0.2, 0) is 9.59 Å².